The lowest BCUT2D eigenvalue weighted by Gasteiger charge is -2.31. The Hall–Kier alpha value is -2.87. The number of aryl methyl sites for hydroxylation is 1. The first kappa shape index (κ1) is 18.2. The maximum absolute atomic E-state index is 12.3. The third-order valence-electron chi connectivity index (χ3n) is 6.03. The largest absolute Gasteiger partial charge is 0.314 e. The fourth-order valence-corrected chi connectivity index (χ4v) is 4.36. The second-order valence-corrected chi connectivity index (χ2v) is 7.98. The number of hydrogen-bond acceptors (Lipinski definition) is 6. The van der Waals surface area contributed by atoms with E-state index in [9.17, 15) is 4.79 Å². The zero-order chi connectivity index (χ0) is 19.6. The molecule has 2 aliphatic heterocycles. The molecule has 3 aromatic rings. The second kappa shape index (κ2) is 7.87. The van der Waals surface area contributed by atoms with Crippen molar-refractivity contribution in [2.75, 3.05) is 13.1 Å². The zero-order valence-electron chi connectivity index (χ0n) is 16.4. The Bertz CT molecular complexity index is 1030. The standard InChI is InChI=1S/C21H25N7O/c29-21-4-3-18(17-5-9-22-10-6-17)25-28(21)14-16-7-12-26(13-8-16)15-20-24-23-19-2-1-11-27(19)20/h3-6,9-10,16H,1-2,7-8,11-15H2. The van der Waals surface area contributed by atoms with Gasteiger partial charge in [-0.1, -0.05) is 0 Å². The van der Waals surface area contributed by atoms with Crippen LogP contribution in [-0.2, 0) is 26.1 Å². The lowest BCUT2D eigenvalue weighted by Crippen LogP contribution is -2.37. The molecule has 150 valence electrons. The van der Waals surface area contributed by atoms with Crippen LogP contribution in [0.1, 0.15) is 30.9 Å². The molecule has 0 aliphatic carbocycles. The van der Waals surface area contributed by atoms with Gasteiger partial charge in [-0.15, -0.1) is 10.2 Å². The van der Waals surface area contributed by atoms with E-state index in [0.29, 0.717) is 12.5 Å². The first-order valence-electron chi connectivity index (χ1n) is 10.4. The molecular weight excluding hydrogens is 366 g/mol. The molecule has 8 nitrogen and oxygen atoms in total. The minimum absolute atomic E-state index is 0.0377. The van der Waals surface area contributed by atoms with E-state index in [2.05, 4.69) is 29.7 Å². The second-order valence-electron chi connectivity index (χ2n) is 7.98. The first-order valence-corrected chi connectivity index (χ1v) is 10.4. The summed E-state index contributed by atoms with van der Waals surface area (Å²) < 4.78 is 3.90. The Morgan fingerprint density at radius 2 is 1.83 bits per heavy atom. The fourth-order valence-electron chi connectivity index (χ4n) is 4.36. The third kappa shape index (κ3) is 3.85. The monoisotopic (exact) mass is 391 g/mol. The molecular formula is C21H25N7O. The third-order valence-corrected chi connectivity index (χ3v) is 6.03. The van der Waals surface area contributed by atoms with Gasteiger partial charge in [-0.05, 0) is 56.5 Å². The lowest BCUT2D eigenvalue weighted by atomic mass is 9.97. The number of piperidine rings is 1. The van der Waals surface area contributed by atoms with Crippen LogP contribution in [0.3, 0.4) is 0 Å². The minimum atomic E-state index is -0.0377. The fraction of sp³-hybridized carbons (Fsp3) is 0.476. The molecule has 29 heavy (non-hydrogen) atoms. The average Bonchev–Trinajstić information content (AvgIpc) is 3.37. The Balaban J connectivity index is 1.21. The van der Waals surface area contributed by atoms with Crippen LogP contribution in [0.2, 0.25) is 0 Å². The summed E-state index contributed by atoms with van der Waals surface area (Å²) in [7, 11) is 0. The molecule has 0 saturated carbocycles. The van der Waals surface area contributed by atoms with Crippen LogP contribution >= 0.6 is 0 Å². The summed E-state index contributed by atoms with van der Waals surface area (Å²) in [5.74, 6) is 2.70. The normalized spacial score (nSPS) is 17.5. The maximum atomic E-state index is 12.3. The molecule has 1 fully saturated rings. The molecule has 0 N–H and O–H groups in total. The summed E-state index contributed by atoms with van der Waals surface area (Å²) in [6.07, 6.45) is 7.85. The van der Waals surface area contributed by atoms with E-state index in [1.54, 1.807) is 29.2 Å². The number of rotatable bonds is 5. The summed E-state index contributed by atoms with van der Waals surface area (Å²) in [5, 5.41) is 13.3. The molecule has 5 rings (SSSR count). The van der Waals surface area contributed by atoms with Gasteiger partial charge in [-0.3, -0.25) is 14.7 Å². The summed E-state index contributed by atoms with van der Waals surface area (Å²) in [4.78, 5) is 18.8. The topological polar surface area (TPSA) is 81.7 Å². The van der Waals surface area contributed by atoms with E-state index in [1.807, 2.05) is 12.1 Å². The smallest absolute Gasteiger partial charge is 0.266 e. The highest BCUT2D eigenvalue weighted by molar-refractivity contribution is 5.56. The number of nitrogens with zero attached hydrogens (tertiary/aromatic N) is 7. The van der Waals surface area contributed by atoms with Crippen LogP contribution in [0.5, 0.6) is 0 Å². The number of hydrogen-bond donors (Lipinski definition) is 0. The van der Waals surface area contributed by atoms with Crippen molar-refractivity contribution in [1.82, 2.24) is 34.4 Å². The van der Waals surface area contributed by atoms with E-state index >= 15 is 0 Å². The lowest BCUT2D eigenvalue weighted by molar-refractivity contribution is 0.159. The predicted octanol–water partition coefficient (Wildman–Crippen LogP) is 1.76. The number of aromatic nitrogens is 6. The van der Waals surface area contributed by atoms with Gasteiger partial charge in [-0.25, -0.2) is 4.68 Å². The van der Waals surface area contributed by atoms with Gasteiger partial charge in [0, 0.05) is 43.5 Å². The molecule has 3 aromatic heterocycles. The van der Waals surface area contributed by atoms with Crippen LogP contribution in [0.4, 0.5) is 0 Å². The summed E-state index contributed by atoms with van der Waals surface area (Å²) in [5.41, 5.74) is 1.75. The van der Waals surface area contributed by atoms with Crippen LogP contribution < -0.4 is 5.56 Å². The minimum Gasteiger partial charge on any atom is -0.314 e. The Morgan fingerprint density at radius 3 is 2.66 bits per heavy atom. The Kier molecular flexibility index (Phi) is 4.93. The van der Waals surface area contributed by atoms with Crippen molar-refractivity contribution in [3.8, 4) is 11.3 Å². The first-order chi connectivity index (χ1) is 14.3. The van der Waals surface area contributed by atoms with Crippen LogP contribution in [0.15, 0.2) is 41.5 Å². The van der Waals surface area contributed by atoms with Crippen molar-refractivity contribution in [2.24, 2.45) is 5.92 Å². The van der Waals surface area contributed by atoms with Crippen LogP contribution in [-0.4, -0.2) is 47.5 Å². The van der Waals surface area contributed by atoms with Crippen LogP contribution in [0, 0.1) is 5.92 Å². The average molecular weight is 391 g/mol. The molecule has 0 unspecified atom stereocenters. The summed E-state index contributed by atoms with van der Waals surface area (Å²) in [6, 6.07) is 7.23. The van der Waals surface area contributed by atoms with Crippen molar-refractivity contribution in [2.45, 2.75) is 45.3 Å². The summed E-state index contributed by atoms with van der Waals surface area (Å²) >= 11 is 0. The molecule has 1 saturated heterocycles. The van der Waals surface area contributed by atoms with Gasteiger partial charge in [-0.2, -0.15) is 5.10 Å². The highest BCUT2D eigenvalue weighted by Gasteiger charge is 2.24. The Labute approximate surface area is 169 Å². The molecule has 0 spiro atoms. The highest BCUT2D eigenvalue weighted by atomic mass is 16.1. The van der Waals surface area contributed by atoms with Crippen molar-refractivity contribution in [3.63, 3.8) is 0 Å². The number of likely N-dealkylation sites (tertiary alicyclic amines) is 1. The predicted molar refractivity (Wildman–Crippen MR) is 108 cm³/mol. The SMILES string of the molecule is O=c1ccc(-c2ccncc2)nn1CC1CCN(Cc2nnc3n2CCC3)CC1. The van der Waals surface area contributed by atoms with Gasteiger partial charge < -0.3 is 4.57 Å². The van der Waals surface area contributed by atoms with E-state index < -0.39 is 0 Å². The van der Waals surface area contributed by atoms with Crippen molar-refractivity contribution in [1.29, 1.82) is 0 Å². The van der Waals surface area contributed by atoms with E-state index in [0.717, 1.165) is 68.3 Å². The molecule has 0 bridgehead atoms. The van der Waals surface area contributed by atoms with Crippen LogP contribution in [0.25, 0.3) is 11.3 Å². The van der Waals surface area contributed by atoms with E-state index in [4.69, 9.17) is 0 Å². The number of pyridine rings is 1. The summed E-state index contributed by atoms with van der Waals surface area (Å²) in [6.45, 7) is 4.63. The van der Waals surface area contributed by atoms with Gasteiger partial charge in [0.05, 0.1) is 12.2 Å². The van der Waals surface area contributed by atoms with Crippen molar-refractivity contribution >= 4 is 0 Å². The molecule has 5 heterocycles. The molecule has 2 aliphatic rings. The quantitative estimate of drug-likeness (QED) is 0.659. The Morgan fingerprint density at radius 1 is 1.00 bits per heavy atom. The molecule has 8 heteroatoms. The zero-order valence-corrected chi connectivity index (χ0v) is 16.4. The van der Waals surface area contributed by atoms with Gasteiger partial charge in [0.1, 0.15) is 11.6 Å². The molecule has 0 atom stereocenters. The highest BCUT2D eigenvalue weighted by Crippen LogP contribution is 2.22. The van der Waals surface area contributed by atoms with Gasteiger partial charge >= 0.3 is 0 Å². The van der Waals surface area contributed by atoms with Gasteiger partial charge in [0.2, 0.25) is 0 Å². The maximum Gasteiger partial charge on any atom is 0.266 e. The van der Waals surface area contributed by atoms with Gasteiger partial charge in [0.25, 0.3) is 5.56 Å². The van der Waals surface area contributed by atoms with Crippen molar-refractivity contribution < 1.29 is 0 Å². The van der Waals surface area contributed by atoms with E-state index in [1.165, 1.54) is 6.42 Å². The molecule has 0 radical (unpaired) electrons. The molecule has 0 aromatic carbocycles. The molecule has 0 amide bonds. The van der Waals surface area contributed by atoms with Gasteiger partial charge in [0.15, 0.2) is 0 Å². The number of fused-ring (bicyclic) bond motifs is 1. The van der Waals surface area contributed by atoms with Crippen molar-refractivity contribution in [3.05, 3.63) is 58.7 Å². The van der Waals surface area contributed by atoms with E-state index in [-0.39, 0.29) is 5.56 Å².